The van der Waals surface area contributed by atoms with Crippen molar-refractivity contribution in [2.75, 3.05) is 7.11 Å². The number of methoxy groups -OCH3 is 1. The lowest BCUT2D eigenvalue weighted by atomic mass is 9.81. The van der Waals surface area contributed by atoms with Crippen molar-refractivity contribution >= 4 is 5.97 Å². The largest absolute Gasteiger partial charge is 0.469 e. The third kappa shape index (κ3) is 1.35. The van der Waals surface area contributed by atoms with Crippen molar-refractivity contribution in [1.29, 1.82) is 0 Å². The monoisotopic (exact) mass is 184 g/mol. The van der Waals surface area contributed by atoms with Crippen LogP contribution >= 0.6 is 0 Å². The number of fused-ring (bicyclic) bond motifs is 2. The van der Waals surface area contributed by atoms with Gasteiger partial charge >= 0.3 is 5.97 Å². The van der Waals surface area contributed by atoms with Crippen LogP contribution in [0.15, 0.2) is 0 Å². The first-order valence-corrected chi connectivity index (χ1v) is 4.99. The van der Waals surface area contributed by atoms with E-state index in [0.29, 0.717) is 12.0 Å². The standard InChI is InChI=1S/C10H16O3/c1-3-6-4-9-7(10(11)12-2)5-8(6)13-9/h6-9H,3-5H2,1-2H3. The summed E-state index contributed by atoms with van der Waals surface area (Å²) in [6.07, 6.45) is 3.53. The molecule has 3 nitrogen and oxygen atoms in total. The summed E-state index contributed by atoms with van der Waals surface area (Å²) in [5.74, 6) is 0.589. The quantitative estimate of drug-likeness (QED) is 0.608. The van der Waals surface area contributed by atoms with Gasteiger partial charge in [0.15, 0.2) is 0 Å². The van der Waals surface area contributed by atoms with Crippen molar-refractivity contribution in [1.82, 2.24) is 0 Å². The van der Waals surface area contributed by atoms with Gasteiger partial charge in [0, 0.05) is 0 Å². The molecule has 4 unspecified atom stereocenters. The molecule has 2 saturated heterocycles. The molecule has 0 aliphatic carbocycles. The van der Waals surface area contributed by atoms with E-state index in [1.54, 1.807) is 0 Å². The van der Waals surface area contributed by atoms with Crippen LogP contribution in [0.5, 0.6) is 0 Å². The number of hydrogen-bond donors (Lipinski definition) is 0. The maximum Gasteiger partial charge on any atom is 0.311 e. The molecular weight excluding hydrogens is 168 g/mol. The van der Waals surface area contributed by atoms with Crippen molar-refractivity contribution in [2.45, 2.75) is 38.4 Å². The first-order valence-electron chi connectivity index (χ1n) is 4.99. The Kier molecular flexibility index (Phi) is 2.28. The van der Waals surface area contributed by atoms with Gasteiger partial charge in [-0.1, -0.05) is 13.3 Å². The topological polar surface area (TPSA) is 35.5 Å². The zero-order valence-corrected chi connectivity index (χ0v) is 8.16. The summed E-state index contributed by atoms with van der Waals surface area (Å²) >= 11 is 0. The second-order valence-corrected chi connectivity index (χ2v) is 3.98. The van der Waals surface area contributed by atoms with Crippen molar-refractivity contribution in [3.05, 3.63) is 0 Å². The molecule has 74 valence electrons. The molecular formula is C10H16O3. The van der Waals surface area contributed by atoms with Gasteiger partial charge < -0.3 is 9.47 Å². The lowest BCUT2D eigenvalue weighted by Gasteiger charge is -2.21. The van der Waals surface area contributed by atoms with Crippen LogP contribution < -0.4 is 0 Å². The third-order valence-corrected chi connectivity index (χ3v) is 3.37. The molecule has 2 aliphatic heterocycles. The van der Waals surface area contributed by atoms with Gasteiger partial charge in [-0.15, -0.1) is 0 Å². The van der Waals surface area contributed by atoms with Crippen molar-refractivity contribution in [2.24, 2.45) is 11.8 Å². The highest BCUT2D eigenvalue weighted by Gasteiger charge is 2.49. The summed E-state index contributed by atoms with van der Waals surface area (Å²) in [5, 5.41) is 0. The molecule has 0 aromatic heterocycles. The average molecular weight is 184 g/mol. The van der Waals surface area contributed by atoms with Gasteiger partial charge in [-0.3, -0.25) is 4.79 Å². The Morgan fingerprint density at radius 2 is 2.23 bits per heavy atom. The minimum atomic E-state index is -0.0953. The summed E-state index contributed by atoms with van der Waals surface area (Å²) in [7, 11) is 1.45. The Bertz CT molecular complexity index is 214. The Labute approximate surface area is 78.4 Å². The Morgan fingerprint density at radius 1 is 1.46 bits per heavy atom. The van der Waals surface area contributed by atoms with Gasteiger partial charge in [-0.05, 0) is 18.8 Å². The number of hydrogen-bond acceptors (Lipinski definition) is 3. The van der Waals surface area contributed by atoms with E-state index >= 15 is 0 Å². The van der Waals surface area contributed by atoms with Crippen LogP contribution in [0, 0.1) is 11.8 Å². The number of carbonyl (C=O) groups is 1. The Balaban J connectivity index is 1.99. The molecule has 13 heavy (non-hydrogen) atoms. The van der Waals surface area contributed by atoms with Crippen LogP contribution in [-0.2, 0) is 14.3 Å². The number of esters is 1. The van der Waals surface area contributed by atoms with Crippen molar-refractivity contribution in [3.8, 4) is 0 Å². The Morgan fingerprint density at radius 3 is 2.69 bits per heavy atom. The molecule has 2 bridgehead atoms. The fourth-order valence-electron chi connectivity index (χ4n) is 2.58. The van der Waals surface area contributed by atoms with Crippen LogP contribution in [0.3, 0.4) is 0 Å². The highest BCUT2D eigenvalue weighted by Crippen LogP contribution is 2.44. The molecule has 2 fully saturated rings. The first-order chi connectivity index (χ1) is 6.26. The van der Waals surface area contributed by atoms with E-state index < -0.39 is 0 Å². The fraction of sp³-hybridized carbons (Fsp3) is 0.900. The lowest BCUT2D eigenvalue weighted by molar-refractivity contribution is -0.147. The summed E-state index contributed by atoms with van der Waals surface area (Å²) in [6, 6.07) is 0. The molecule has 0 aromatic carbocycles. The number of ether oxygens (including phenoxy) is 2. The van der Waals surface area contributed by atoms with Gasteiger partial charge in [-0.2, -0.15) is 0 Å². The molecule has 0 saturated carbocycles. The molecule has 0 N–H and O–H groups in total. The van der Waals surface area contributed by atoms with Crippen molar-refractivity contribution in [3.63, 3.8) is 0 Å². The molecule has 0 spiro atoms. The summed E-state index contributed by atoms with van der Waals surface area (Å²) in [4.78, 5) is 11.3. The zero-order chi connectivity index (χ0) is 9.42. The molecule has 2 rings (SSSR count). The predicted octanol–water partition coefficient (Wildman–Crippen LogP) is 1.36. The van der Waals surface area contributed by atoms with E-state index in [1.165, 1.54) is 7.11 Å². The van der Waals surface area contributed by atoms with Gasteiger partial charge in [0.2, 0.25) is 0 Å². The van der Waals surface area contributed by atoms with Crippen LogP contribution in [0.1, 0.15) is 26.2 Å². The maximum absolute atomic E-state index is 11.3. The molecule has 4 atom stereocenters. The summed E-state index contributed by atoms with van der Waals surface area (Å²) in [5.41, 5.74) is 0. The first kappa shape index (κ1) is 9.00. The minimum absolute atomic E-state index is 0.0119. The van der Waals surface area contributed by atoms with Crippen LogP contribution in [0.2, 0.25) is 0 Å². The van der Waals surface area contributed by atoms with E-state index in [2.05, 4.69) is 6.92 Å². The highest BCUT2D eigenvalue weighted by molar-refractivity contribution is 5.73. The second-order valence-electron chi connectivity index (χ2n) is 3.98. The van der Waals surface area contributed by atoms with E-state index in [4.69, 9.17) is 9.47 Å². The third-order valence-electron chi connectivity index (χ3n) is 3.37. The fourth-order valence-corrected chi connectivity index (χ4v) is 2.58. The van der Waals surface area contributed by atoms with Gasteiger partial charge in [-0.25, -0.2) is 0 Å². The predicted molar refractivity (Wildman–Crippen MR) is 47.2 cm³/mol. The molecule has 0 radical (unpaired) electrons. The number of carbonyl (C=O) groups excluding carboxylic acids is 1. The van der Waals surface area contributed by atoms with Crippen LogP contribution in [0.25, 0.3) is 0 Å². The van der Waals surface area contributed by atoms with E-state index in [0.717, 1.165) is 19.3 Å². The van der Waals surface area contributed by atoms with Crippen LogP contribution in [-0.4, -0.2) is 25.3 Å². The zero-order valence-electron chi connectivity index (χ0n) is 8.16. The Hall–Kier alpha value is -0.570. The average Bonchev–Trinajstić information content (AvgIpc) is 2.74. The van der Waals surface area contributed by atoms with E-state index in [9.17, 15) is 4.79 Å². The lowest BCUT2D eigenvalue weighted by Crippen LogP contribution is -2.29. The smallest absolute Gasteiger partial charge is 0.311 e. The van der Waals surface area contributed by atoms with Crippen molar-refractivity contribution < 1.29 is 14.3 Å². The number of rotatable bonds is 2. The second kappa shape index (κ2) is 3.29. The summed E-state index contributed by atoms with van der Waals surface area (Å²) < 4.78 is 10.4. The van der Waals surface area contributed by atoms with Crippen LogP contribution in [0.4, 0.5) is 0 Å². The van der Waals surface area contributed by atoms with Gasteiger partial charge in [0.05, 0.1) is 25.2 Å². The molecule has 0 aromatic rings. The van der Waals surface area contributed by atoms with Gasteiger partial charge in [0.1, 0.15) is 0 Å². The maximum atomic E-state index is 11.3. The summed E-state index contributed by atoms with van der Waals surface area (Å²) in [6.45, 7) is 2.18. The van der Waals surface area contributed by atoms with E-state index in [-0.39, 0.29) is 18.0 Å². The normalized spacial score (nSPS) is 42.3. The van der Waals surface area contributed by atoms with E-state index in [1.807, 2.05) is 0 Å². The molecule has 2 aliphatic rings. The molecule has 3 heteroatoms. The highest BCUT2D eigenvalue weighted by atomic mass is 16.5. The van der Waals surface area contributed by atoms with Gasteiger partial charge in [0.25, 0.3) is 0 Å². The molecule has 0 amide bonds. The minimum Gasteiger partial charge on any atom is -0.469 e. The SMILES string of the molecule is CCC1CC2OC1CC2C(=O)OC. The molecule has 2 heterocycles.